The van der Waals surface area contributed by atoms with Crippen molar-refractivity contribution in [1.82, 2.24) is 9.55 Å². The van der Waals surface area contributed by atoms with E-state index in [1.165, 1.54) is 11.8 Å². The van der Waals surface area contributed by atoms with Crippen LogP contribution in [0.5, 0.6) is 0 Å². The Balaban J connectivity index is 1.59. The van der Waals surface area contributed by atoms with E-state index in [9.17, 15) is 29.3 Å². The molecular formula is C14H18FN3O9S. The molecule has 6 N–H and O–H groups in total. The van der Waals surface area contributed by atoms with Gasteiger partial charge in [-0.1, -0.05) is 0 Å². The molecule has 2 fully saturated rings. The number of rotatable bonds is 5. The fourth-order valence-corrected chi connectivity index (χ4v) is 3.70. The van der Waals surface area contributed by atoms with Crippen LogP contribution in [0.25, 0.3) is 0 Å². The van der Waals surface area contributed by atoms with Gasteiger partial charge in [0.05, 0.1) is 12.8 Å². The maximum Gasteiger partial charge on any atom is 0.351 e. The number of anilines is 1. The first-order valence-electron chi connectivity index (χ1n) is 8.04. The van der Waals surface area contributed by atoms with E-state index >= 15 is 0 Å². The van der Waals surface area contributed by atoms with Crippen LogP contribution >= 0.6 is 11.8 Å². The summed E-state index contributed by atoms with van der Waals surface area (Å²) in [6.45, 7) is -0.211. The average Bonchev–Trinajstić information content (AvgIpc) is 3.10. The number of nitrogen functional groups attached to an aromatic ring is 1. The second-order valence-electron chi connectivity index (χ2n) is 6.09. The van der Waals surface area contributed by atoms with Crippen LogP contribution in [-0.2, 0) is 19.0 Å². The van der Waals surface area contributed by atoms with Crippen LogP contribution in [0.3, 0.4) is 0 Å². The highest BCUT2D eigenvalue weighted by molar-refractivity contribution is 8.00. The molecule has 0 aliphatic carbocycles. The molecule has 156 valence electrons. The lowest BCUT2D eigenvalue weighted by molar-refractivity contribution is -0.296. The molecule has 1 aromatic rings. The molecule has 3 rings (SSSR count). The number of hydrogen-bond donors (Lipinski definition) is 5. The minimum Gasteiger partial charge on any atom is -0.479 e. The van der Waals surface area contributed by atoms with E-state index in [2.05, 4.69) is 4.98 Å². The predicted molar refractivity (Wildman–Crippen MR) is 89.5 cm³/mol. The Kier molecular flexibility index (Phi) is 6.18. The summed E-state index contributed by atoms with van der Waals surface area (Å²) < 4.78 is 30.3. The zero-order valence-electron chi connectivity index (χ0n) is 14.1. The Morgan fingerprint density at radius 3 is 2.75 bits per heavy atom. The summed E-state index contributed by atoms with van der Waals surface area (Å²) in [6, 6.07) is 0. The minimum absolute atomic E-state index is 0.211. The number of nitrogens with two attached hydrogens (primary N) is 1. The van der Waals surface area contributed by atoms with Crippen molar-refractivity contribution in [2.75, 3.05) is 18.1 Å². The first kappa shape index (κ1) is 20.9. The van der Waals surface area contributed by atoms with Crippen LogP contribution in [0.2, 0.25) is 0 Å². The van der Waals surface area contributed by atoms with Crippen LogP contribution in [-0.4, -0.2) is 84.4 Å². The van der Waals surface area contributed by atoms with Crippen molar-refractivity contribution < 1.29 is 43.8 Å². The number of thioether (sulfide) groups is 1. The fraction of sp³-hybridized carbons (Fsp3) is 0.643. The van der Waals surface area contributed by atoms with Gasteiger partial charge < -0.3 is 40.4 Å². The number of aromatic nitrogens is 2. The van der Waals surface area contributed by atoms with E-state index in [4.69, 9.17) is 25.1 Å². The van der Waals surface area contributed by atoms with Gasteiger partial charge in [-0.15, -0.1) is 11.8 Å². The van der Waals surface area contributed by atoms with Gasteiger partial charge in [-0.25, -0.2) is 14.0 Å². The summed E-state index contributed by atoms with van der Waals surface area (Å²) >= 11 is 1.21. The molecule has 0 spiro atoms. The molecule has 2 saturated heterocycles. The number of carbonyl (C=O) groups is 1. The topological polar surface area (TPSA) is 187 Å². The molecule has 0 bridgehead atoms. The zero-order valence-corrected chi connectivity index (χ0v) is 14.9. The molecule has 3 unspecified atom stereocenters. The number of carboxylic acid groups (broad SMARTS) is 1. The number of aliphatic carboxylic acids is 1. The van der Waals surface area contributed by atoms with Gasteiger partial charge in [-0.05, 0) is 0 Å². The molecule has 28 heavy (non-hydrogen) atoms. The van der Waals surface area contributed by atoms with E-state index in [-0.39, 0.29) is 12.4 Å². The summed E-state index contributed by atoms with van der Waals surface area (Å²) in [6.07, 6.45) is -8.57. The van der Waals surface area contributed by atoms with Gasteiger partial charge in [0.15, 0.2) is 24.0 Å². The number of ether oxygens (including phenoxy) is 3. The molecule has 7 atom stereocenters. The highest BCUT2D eigenvalue weighted by atomic mass is 32.2. The van der Waals surface area contributed by atoms with E-state index in [0.717, 1.165) is 10.8 Å². The average molecular weight is 423 g/mol. The largest absolute Gasteiger partial charge is 0.479 e. The third-order valence-corrected chi connectivity index (χ3v) is 5.28. The van der Waals surface area contributed by atoms with Crippen LogP contribution in [0.4, 0.5) is 10.2 Å². The van der Waals surface area contributed by atoms with Crippen molar-refractivity contribution in [3.8, 4) is 0 Å². The summed E-state index contributed by atoms with van der Waals surface area (Å²) in [4.78, 5) is 26.2. The molecule has 12 nitrogen and oxygen atoms in total. The van der Waals surface area contributed by atoms with E-state index in [1.807, 2.05) is 0 Å². The molecule has 2 aliphatic heterocycles. The monoisotopic (exact) mass is 423 g/mol. The third kappa shape index (κ3) is 4.12. The molecule has 1 aromatic heterocycles. The number of aliphatic hydroxyl groups is 3. The van der Waals surface area contributed by atoms with Crippen molar-refractivity contribution in [3.63, 3.8) is 0 Å². The Labute approximate surface area is 160 Å². The van der Waals surface area contributed by atoms with Gasteiger partial charge in [0.1, 0.15) is 30.0 Å². The van der Waals surface area contributed by atoms with E-state index in [1.54, 1.807) is 0 Å². The van der Waals surface area contributed by atoms with Gasteiger partial charge in [0, 0.05) is 5.75 Å². The van der Waals surface area contributed by atoms with Gasteiger partial charge in [0.25, 0.3) is 0 Å². The molecular weight excluding hydrogens is 405 g/mol. The second-order valence-corrected chi connectivity index (χ2v) is 7.28. The molecule has 14 heteroatoms. The smallest absolute Gasteiger partial charge is 0.351 e. The first-order chi connectivity index (χ1) is 13.2. The van der Waals surface area contributed by atoms with Crippen molar-refractivity contribution in [2.45, 2.75) is 42.4 Å². The van der Waals surface area contributed by atoms with E-state index in [0.29, 0.717) is 0 Å². The van der Waals surface area contributed by atoms with Crippen LogP contribution < -0.4 is 11.4 Å². The number of nitrogens with zero attached hydrogens (tertiary/aromatic N) is 2. The maximum absolute atomic E-state index is 13.5. The summed E-state index contributed by atoms with van der Waals surface area (Å²) in [5.74, 6) is -2.68. The van der Waals surface area contributed by atoms with Gasteiger partial charge in [-0.2, -0.15) is 4.98 Å². The third-order valence-electron chi connectivity index (χ3n) is 4.19. The summed E-state index contributed by atoms with van der Waals surface area (Å²) in [7, 11) is 0. The van der Waals surface area contributed by atoms with Gasteiger partial charge in [-0.3, -0.25) is 4.57 Å². The van der Waals surface area contributed by atoms with Crippen LogP contribution in [0.15, 0.2) is 11.0 Å². The summed E-state index contributed by atoms with van der Waals surface area (Å²) in [5.41, 5.74) is 3.77. The van der Waals surface area contributed by atoms with Crippen LogP contribution in [0.1, 0.15) is 6.23 Å². The van der Waals surface area contributed by atoms with Crippen molar-refractivity contribution in [2.24, 2.45) is 0 Å². The highest BCUT2D eigenvalue weighted by Gasteiger charge is 2.47. The molecule has 0 amide bonds. The Hall–Kier alpha value is -1.81. The lowest BCUT2D eigenvalue weighted by Gasteiger charge is -2.38. The fourth-order valence-electron chi connectivity index (χ4n) is 2.70. The second kappa shape index (κ2) is 8.28. The number of halogens is 1. The van der Waals surface area contributed by atoms with Crippen molar-refractivity contribution >= 4 is 23.5 Å². The molecule has 0 radical (unpaired) electrons. The number of aliphatic hydroxyl groups excluding tert-OH is 3. The standard InChI is InChI=1S/C14H18FN3O9S/c15-4-1-18(14(24)17-11(4)16)5-3-28-6(26-5)2-25-13-9(21)7(19)8(20)10(27-13)12(22)23/h1,5-10,13,19-21H,2-3H2,(H,22,23)(H2,16,17,24)/t5-,6+,7?,8-,9?,10?,13+/m0/s1. The Morgan fingerprint density at radius 2 is 2.07 bits per heavy atom. The van der Waals surface area contributed by atoms with Crippen molar-refractivity contribution in [3.05, 3.63) is 22.5 Å². The predicted octanol–water partition coefficient (Wildman–Crippen LogP) is -2.54. The number of hydrogen-bond acceptors (Lipinski definition) is 11. The lowest BCUT2D eigenvalue weighted by atomic mass is 9.99. The lowest BCUT2D eigenvalue weighted by Crippen LogP contribution is -2.60. The molecule has 0 aromatic carbocycles. The summed E-state index contributed by atoms with van der Waals surface area (Å²) in [5, 5.41) is 38.3. The molecule has 0 saturated carbocycles. The Bertz CT molecular complexity index is 796. The van der Waals surface area contributed by atoms with Crippen molar-refractivity contribution in [1.29, 1.82) is 0 Å². The normalized spacial score (nSPS) is 35.8. The zero-order chi connectivity index (χ0) is 20.6. The number of carboxylic acids is 1. The molecule has 3 heterocycles. The highest BCUT2D eigenvalue weighted by Crippen LogP contribution is 2.32. The van der Waals surface area contributed by atoms with Gasteiger partial charge in [0.2, 0.25) is 0 Å². The van der Waals surface area contributed by atoms with Gasteiger partial charge >= 0.3 is 11.7 Å². The van der Waals surface area contributed by atoms with E-state index < -0.39 is 65.7 Å². The quantitative estimate of drug-likeness (QED) is 0.334. The Morgan fingerprint density at radius 1 is 1.36 bits per heavy atom. The first-order valence-corrected chi connectivity index (χ1v) is 9.09. The maximum atomic E-state index is 13.5. The van der Waals surface area contributed by atoms with Crippen LogP contribution in [0, 0.1) is 5.82 Å². The SMILES string of the molecule is Nc1nc(=O)n([C@@H]2CS[C@H](CO[C@@H]3OC(C(=O)O)[C@@H](O)C(O)C3O)O2)cc1F. The molecule has 2 aliphatic rings. The minimum atomic E-state index is -1.83.